The van der Waals surface area contributed by atoms with Gasteiger partial charge in [0.25, 0.3) is 0 Å². The molecule has 3 aliphatic heterocycles. The van der Waals surface area contributed by atoms with Gasteiger partial charge < -0.3 is 19.8 Å². The zero-order chi connectivity index (χ0) is 20.6. The monoisotopic (exact) mass is 408 g/mol. The number of likely N-dealkylation sites (tertiary alicyclic amines) is 1. The summed E-state index contributed by atoms with van der Waals surface area (Å²) in [6.07, 6.45) is 6.63. The van der Waals surface area contributed by atoms with Crippen LogP contribution in [0.25, 0.3) is 0 Å². The first kappa shape index (κ1) is 19.2. The lowest BCUT2D eigenvalue weighted by molar-refractivity contribution is -0.135. The standard InChI is InChI=1S/C22H28N6O2/c29-18-5-11-26(12-6-18)19-4-10-24-21(25-19)28-14-8-22(16-28)7-13-27(20(22)30)15-17-3-1-2-9-23-17/h1-4,9-10,18,29H,5-8,11-16H2. The molecule has 8 heteroatoms. The van der Waals surface area contributed by atoms with Crippen molar-refractivity contribution in [3.05, 3.63) is 42.4 Å². The van der Waals surface area contributed by atoms with Crippen LogP contribution in [-0.4, -0.2) is 69.7 Å². The van der Waals surface area contributed by atoms with Crippen molar-refractivity contribution < 1.29 is 9.90 Å². The molecule has 0 bridgehead atoms. The molecule has 5 rings (SSSR count). The summed E-state index contributed by atoms with van der Waals surface area (Å²) in [6, 6.07) is 7.76. The number of aromatic nitrogens is 3. The Morgan fingerprint density at radius 3 is 2.63 bits per heavy atom. The summed E-state index contributed by atoms with van der Waals surface area (Å²) in [5.41, 5.74) is 0.601. The van der Waals surface area contributed by atoms with Crippen LogP contribution >= 0.6 is 0 Å². The highest BCUT2D eigenvalue weighted by molar-refractivity contribution is 5.86. The van der Waals surface area contributed by atoms with Gasteiger partial charge in [-0.3, -0.25) is 9.78 Å². The van der Waals surface area contributed by atoms with E-state index in [2.05, 4.69) is 19.8 Å². The fourth-order valence-electron chi connectivity index (χ4n) is 4.92. The molecular formula is C22H28N6O2. The second-order valence-corrected chi connectivity index (χ2v) is 8.68. The third-order valence-corrected chi connectivity index (χ3v) is 6.73. The van der Waals surface area contributed by atoms with Gasteiger partial charge in [0.2, 0.25) is 11.9 Å². The Hall–Kier alpha value is -2.74. The molecule has 0 aliphatic carbocycles. The molecule has 3 saturated heterocycles. The molecule has 1 N–H and O–H groups in total. The first-order valence-corrected chi connectivity index (χ1v) is 10.8. The Balaban J connectivity index is 1.27. The number of aliphatic hydroxyl groups excluding tert-OH is 1. The van der Waals surface area contributed by atoms with Crippen LogP contribution in [0.3, 0.4) is 0 Å². The molecule has 3 fully saturated rings. The number of hydrogen-bond donors (Lipinski definition) is 1. The number of pyridine rings is 1. The molecule has 2 aromatic rings. The molecule has 5 heterocycles. The molecule has 0 saturated carbocycles. The highest BCUT2D eigenvalue weighted by Gasteiger charge is 2.51. The number of piperidine rings is 1. The highest BCUT2D eigenvalue weighted by Crippen LogP contribution is 2.42. The van der Waals surface area contributed by atoms with Crippen molar-refractivity contribution in [1.82, 2.24) is 19.9 Å². The number of nitrogens with zero attached hydrogens (tertiary/aromatic N) is 6. The molecule has 3 aliphatic rings. The molecule has 0 radical (unpaired) electrons. The van der Waals surface area contributed by atoms with Gasteiger partial charge in [0, 0.05) is 45.1 Å². The van der Waals surface area contributed by atoms with Crippen molar-refractivity contribution in [2.24, 2.45) is 5.41 Å². The summed E-state index contributed by atoms with van der Waals surface area (Å²) in [5, 5.41) is 9.75. The number of amides is 1. The van der Waals surface area contributed by atoms with Gasteiger partial charge >= 0.3 is 0 Å². The van der Waals surface area contributed by atoms with Gasteiger partial charge in [0.05, 0.1) is 23.8 Å². The van der Waals surface area contributed by atoms with Gasteiger partial charge in [-0.05, 0) is 43.9 Å². The second kappa shape index (κ2) is 7.83. The number of hydrogen-bond acceptors (Lipinski definition) is 7. The number of rotatable bonds is 4. The highest BCUT2D eigenvalue weighted by atomic mass is 16.3. The largest absolute Gasteiger partial charge is 0.393 e. The average molecular weight is 409 g/mol. The summed E-state index contributed by atoms with van der Waals surface area (Å²) in [6.45, 7) is 4.44. The maximum Gasteiger partial charge on any atom is 0.231 e. The number of carbonyl (C=O) groups is 1. The van der Waals surface area contributed by atoms with E-state index in [4.69, 9.17) is 4.98 Å². The maximum atomic E-state index is 13.3. The van der Waals surface area contributed by atoms with Gasteiger partial charge in [0.15, 0.2) is 0 Å². The van der Waals surface area contributed by atoms with E-state index in [1.165, 1.54) is 0 Å². The van der Waals surface area contributed by atoms with E-state index in [0.717, 1.165) is 63.4 Å². The van der Waals surface area contributed by atoms with Crippen LogP contribution in [0.1, 0.15) is 31.4 Å². The van der Waals surface area contributed by atoms with Crippen molar-refractivity contribution in [2.45, 2.75) is 38.3 Å². The minimum absolute atomic E-state index is 0.205. The lowest BCUT2D eigenvalue weighted by Gasteiger charge is -2.31. The lowest BCUT2D eigenvalue weighted by atomic mass is 9.85. The molecule has 2 aromatic heterocycles. The van der Waals surface area contributed by atoms with Gasteiger partial charge in [-0.2, -0.15) is 4.98 Å². The smallest absolute Gasteiger partial charge is 0.231 e. The molecular weight excluding hydrogens is 380 g/mol. The van der Waals surface area contributed by atoms with E-state index in [9.17, 15) is 9.90 Å². The molecule has 158 valence electrons. The quantitative estimate of drug-likeness (QED) is 0.820. The first-order chi connectivity index (χ1) is 14.6. The van der Waals surface area contributed by atoms with Gasteiger partial charge in [-0.25, -0.2) is 4.98 Å². The molecule has 1 spiro atoms. The topological polar surface area (TPSA) is 85.7 Å². The Morgan fingerprint density at radius 2 is 1.83 bits per heavy atom. The van der Waals surface area contributed by atoms with Crippen molar-refractivity contribution in [2.75, 3.05) is 42.5 Å². The number of carbonyl (C=O) groups excluding carboxylic acids is 1. The third kappa shape index (κ3) is 3.60. The summed E-state index contributed by atoms with van der Waals surface area (Å²) >= 11 is 0. The number of aliphatic hydroxyl groups is 1. The fraction of sp³-hybridized carbons (Fsp3) is 0.545. The van der Waals surface area contributed by atoms with Crippen LogP contribution in [0.5, 0.6) is 0 Å². The zero-order valence-corrected chi connectivity index (χ0v) is 17.2. The lowest BCUT2D eigenvalue weighted by Crippen LogP contribution is -2.38. The van der Waals surface area contributed by atoms with E-state index in [1.807, 2.05) is 29.2 Å². The second-order valence-electron chi connectivity index (χ2n) is 8.68. The van der Waals surface area contributed by atoms with Crippen molar-refractivity contribution in [1.29, 1.82) is 0 Å². The average Bonchev–Trinajstić information content (AvgIpc) is 3.35. The first-order valence-electron chi connectivity index (χ1n) is 10.8. The van der Waals surface area contributed by atoms with Gasteiger partial charge in [0.1, 0.15) is 5.82 Å². The van der Waals surface area contributed by atoms with Crippen molar-refractivity contribution in [3.8, 4) is 0 Å². The SMILES string of the molecule is O=C1N(Cc2ccccn2)CCC12CCN(c1nccc(N3CCC(O)CC3)n1)C2. The van der Waals surface area contributed by atoms with Crippen LogP contribution in [0, 0.1) is 5.41 Å². The Labute approximate surface area is 176 Å². The van der Waals surface area contributed by atoms with Crippen LogP contribution in [-0.2, 0) is 11.3 Å². The predicted octanol–water partition coefficient (Wildman–Crippen LogP) is 1.46. The van der Waals surface area contributed by atoms with Gasteiger partial charge in [-0.15, -0.1) is 0 Å². The van der Waals surface area contributed by atoms with E-state index >= 15 is 0 Å². The summed E-state index contributed by atoms with van der Waals surface area (Å²) in [4.78, 5) is 33.2. The van der Waals surface area contributed by atoms with Crippen LogP contribution in [0.15, 0.2) is 36.7 Å². The zero-order valence-electron chi connectivity index (χ0n) is 17.2. The third-order valence-electron chi connectivity index (χ3n) is 6.73. The Morgan fingerprint density at radius 1 is 1.00 bits per heavy atom. The molecule has 0 aromatic carbocycles. The van der Waals surface area contributed by atoms with Gasteiger partial charge in [-0.1, -0.05) is 6.07 Å². The van der Waals surface area contributed by atoms with Crippen molar-refractivity contribution in [3.63, 3.8) is 0 Å². The maximum absolute atomic E-state index is 13.3. The van der Waals surface area contributed by atoms with E-state index in [0.29, 0.717) is 19.0 Å². The Bertz CT molecular complexity index is 902. The summed E-state index contributed by atoms with van der Waals surface area (Å²) in [5.74, 6) is 1.84. The van der Waals surface area contributed by atoms with E-state index in [1.54, 1.807) is 12.4 Å². The van der Waals surface area contributed by atoms with Crippen molar-refractivity contribution >= 4 is 17.7 Å². The molecule has 1 amide bonds. The van der Waals surface area contributed by atoms with Crippen LogP contribution in [0.2, 0.25) is 0 Å². The van der Waals surface area contributed by atoms with Crippen LogP contribution in [0.4, 0.5) is 11.8 Å². The molecule has 8 nitrogen and oxygen atoms in total. The summed E-state index contributed by atoms with van der Waals surface area (Å²) in [7, 11) is 0. The van der Waals surface area contributed by atoms with Crippen LogP contribution < -0.4 is 9.80 Å². The predicted molar refractivity (Wildman–Crippen MR) is 113 cm³/mol. The normalized spacial score (nSPS) is 25.0. The van der Waals surface area contributed by atoms with E-state index < -0.39 is 0 Å². The number of anilines is 2. The summed E-state index contributed by atoms with van der Waals surface area (Å²) < 4.78 is 0. The minimum Gasteiger partial charge on any atom is -0.393 e. The molecule has 30 heavy (non-hydrogen) atoms. The molecule has 1 unspecified atom stereocenters. The minimum atomic E-state index is -0.330. The Kier molecular flexibility index (Phi) is 5.02. The fourth-order valence-corrected chi connectivity index (χ4v) is 4.92. The molecule has 1 atom stereocenters. The van der Waals surface area contributed by atoms with E-state index in [-0.39, 0.29) is 17.4 Å².